The monoisotopic (exact) mass is 426 g/mol. The number of aliphatic carboxylic acids is 1. The fraction of sp³-hybridized carbons (Fsp3) is 0.120. The van der Waals surface area contributed by atoms with Crippen LogP contribution in [0.4, 0.5) is 5.82 Å². The molecule has 0 saturated heterocycles. The second kappa shape index (κ2) is 10.2. The van der Waals surface area contributed by atoms with Gasteiger partial charge in [-0.25, -0.2) is 9.97 Å². The standard InChI is InChI=1S/C25H22N4O3/c30-24(31)16-21(19-6-2-1-3-7-19)22-13-15-27-25(29-22)32-20-11-9-18(10-12-20)17-28-23-8-4-5-14-26-23/h1-15,21H,16-17H2,(H,26,28)(H,30,31). The highest BCUT2D eigenvalue weighted by Crippen LogP contribution is 2.28. The van der Waals surface area contributed by atoms with E-state index in [2.05, 4.69) is 20.3 Å². The van der Waals surface area contributed by atoms with Crippen LogP contribution in [0.1, 0.15) is 29.2 Å². The van der Waals surface area contributed by atoms with Crippen molar-refractivity contribution >= 4 is 11.8 Å². The molecule has 2 N–H and O–H groups in total. The van der Waals surface area contributed by atoms with Crippen LogP contribution < -0.4 is 10.1 Å². The number of hydrogen-bond donors (Lipinski definition) is 2. The van der Waals surface area contributed by atoms with Crippen LogP contribution in [0, 0.1) is 0 Å². The van der Waals surface area contributed by atoms with Gasteiger partial charge in [0, 0.05) is 24.9 Å². The van der Waals surface area contributed by atoms with E-state index in [9.17, 15) is 9.90 Å². The van der Waals surface area contributed by atoms with E-state index in [1.165, 1.54) is 0 Å². The zero-order valence-corrected chi connectivity index (χ0v) is 17.3. The Kier molecular flexibility index (Phi) is 6.67. The summed E-state index contributed by atoms with van der Waals surface area (Å²) in [5.41, 5.74) is 2.55. The van der Waals surface area contributed by atoms with Gasteiger partial charge < -0.3 is 15.2 Å². The lowest BCUT2D eigenvalue weighted by atomic mass is 9.92. The number of pyridine rings is 1. The SMILES string of the molecule is O=C(O)CC(c1ccccc1)c1ccnc(Oc2ccc(CNc3ccccn3)cc2)n1. The van der Waals surface area contributed by atoms with Crippen molar-refractivity contribution in [3.8, 4) is 11.8 Å². The lowest BCUT2D eigenvalue weighted by molar-refractivity contribution is -0.137. The molecule has 0 fully saturated rings. The molecule has 1 unspecified atom stereocenters. The highest BCUT2D eigenvalue weighted by atomic mass is 16.5. The Labute approximate surface area is 185 Å². The maximum Gasteiger partial charge on any atom is 0.322 e. The largest absolute Gasteiger partial charge is 0.481 e. The molecule has 2 heterocycles. The number of carboxylic acids is 1. The van der Waals surface area contributed by atoms with Crippen molar-refractivity contribution in [2.24, 2.45) is 0 Å². The first kappa shape index (κ1) is 21.0. The summed E-state index contributed by atoms with van der Waals surface area (Å²) in [7, 11) is 0. The first-order valence-electron chi connectivity index (χ1n) is 10.2. The third-order valence-electron chi connectivity index (χ3n) is 4.86. The topological polar surface area (TPSA) is 97.2 Å². The summed E-state index contributed by atoms with van der Waals surface area (Å²) in [6.07, 6.45) is 3.26. The number of hydrogen-bond acceptors (Lipinski definition) is 6. The first-order valence-corrected chi connectivity index (χ1v) is 10.2. The van der Waals surface area contributed by atoms with Crippen LogP contribution in [0.25, 0.3) is 0 Å². The molecular weight excluding hydrogens is 404 g/mol. The predicted octanol–water partition coefficient (Wildman–Crippen LogP) is 4.88. The van der Waals surface area contributed by atoms with Crippen LogP contribution in [-0.2, 0) is 11.3 Å². The van der Waals surface area contributed by atoms with Gasteiger partial charge >= 0.3 is 12.0 Å². The van der Waals surface area contributed by atoms with E-state index in [0.717, 1.165) is 16.9 Å². The van der Waals surface area contributed by atoms with Crippen molar-refractivity contribution < 1.29 is 14.6 Å². The molecule has 2 aromatic carbocycles. The molecule has 0 aliphatic rings. The molecule has 0 bridgehead atoms. The zero-order chi connectivity index (χ0) is 22.2. The van der Waals surface area contributed by atoms with Gasteiger partial charge in [-0.3, -0.25) is 4.79 Å². The molecule has 0 saturated carbocycles. The van der Waals surface area contributed by atoms with Gasteiger partial charge in [-0.2, -0.15) is 4.98 Å². The van der Waals surface area contributed by atoms with Crippen LogP contribution in [0.15, 0.2) is 91.3 Å². The Morgan fingerprint density at radius 3 is 2.41 bits per heavy atom. The number of rotatable bonds is 9. The minimum atomic E-state index is -0.894. The maximum atomic E-state index is 11.4. The number of anilines is 1. The summed E-state index contributed by atoms with van der Waals surface area (Å²) in [6, 6.07) is 24.7. The van der Waals surface area contributed by atoms with Crippen LogP contribution in [0.2, 0.25) is 0 Å². The highest BCUT2D eigenvalue weighted by Gasteiger charge is 2.20. The second-order valence-electron chi connectivity index (χ2n) is 7.14. The second-order valence-corrected chi connectivity index (χ2v) is 7.14. The molecule has 0 aliphatic carbocycles. The van der Waals surface area contributed by atoms with Gasteiger partial charge in [-0.1, -0.05) is 48.5 Å². The van der Waals surface area contributed by atoms with E-state index in [4.69, 9.17) is 4.74 Å². The molecule has 160 valence electrons. The Bertz CT molecular complexity index is 1150. The summed E-state index contributed by atoms with van der Waals surface area (Å²) in [5, 5.41) is 12.6. The van der Waals surface area contributed by atoms with Crippen LogP contribution in [0.5, 0.6) is 11.8 Å². The average Bonchev–Trinajstić information content (AvgIpc) is 2.83. The van der Waals surface area contributed by atoms with Crippen molar-refractivity contribution in [1.29, 1.82) is 0 Å². The van der Waals surface area contributed by atoms with Gasteiger partial charge in [0.15, 0.2) is 0 Å². The van der Waals surface area contributed by atoms with Crippen LogP contribution >= 0.6 is 0 Å². The molecule has 4 rings (SSSR count). The molecule has 0 spiro atoms. The maximum absolute atomic E-state index is 11.4. The third-order valence-corrected chi connectivity index (χ3v) is 4.86. The molecule has 7 nitrogen and oxygen atoms in total. The number of carbonyl (C=O) groups is 1. The van der Waals surface area contributed by atoms with E-state index in [0.29, 0.717) is 18.0 Å². The van der Waals surface area contributed by atoms with Crippen LogP contribution in [-0.4, -0.2) is 26.0 Å². The highest BCUT2D eigenvalue weighted by molar-refractivity contribution is 5.68. The lowest BCUT2D eigenvalue weighted by Crippen LogP contribution is -2.10. The number of carboxylic acid groups (broad SMARTS) is 1. The molecule has 32 heavy (non-hydrogen) atoms. The van der Waals surface area contributed by atoms with E-state index < -0.39 is 5.97 Å². The van der Waals surface area contributed by atoms with Gasteiger partial charge in [0.1, 0.15) is 11.6 Å². The van der Waals surface area contributed by atoms with E-state index >= 15 is 0 Å². The van der Waals surface area contributed by atoms with Crippen molar-refractivity contribution in [2.75, 3.05) is 5.32 Å². The molecule has 2 aromatic heterocycles. The summed E-state index contributed by atoms with van der Waals surface area (Å²) in [6.45, 7) is 0.636. The predicted molar refractivity (Wildman–Crippen MR) is 121 cm³/mol. The van der Waals surface area contributed by atoms with Crippen molar-refractivity contribution in [2.45, 2.75) is 18.9 Å². The van der Waals surface area contributed by atoms with Crippen molar-refractivity contribution in [3.05, 3.63) is 108 Å². The smallest absolute Gasteiger partial charge is 0.322 e. The number of nitrogens with one attached hydrogen (secondary N) is 1. The van der Waals surface area contributed by atoms with Crippen molar-refractivity contribution in [3.63, 3.8) is 0 Å². The summed E-state index contributed by atoms with van der Waals surface area (Å²) in [4.78, 5) is 24.3. The minimum absolute atomic E-state index is 0.0710. The molecule has 4 aromatic rings. The molecular formula is C25H22N4O3. The van der Waals surface area contributed by atoms with E-state index in [1.807, 2.05) is 72.8 Å². The molecule has 0 radical (unpaired) electrons. The normalized spacial score (nSPS) is 11.5. The fourth-order valence-corrected chi connectivity index (χ4v) is 3.29. The van der Waals surface area contributed by atoms with Gasteiger partial charge in [-0.05, 0) is 41.5 Å². The van der Waals surface area contributed by atoms with E-state index in [-0.39, 0.29) is 18.3 Å². The van der Waals surface area contributed by atoms with Crippen molar-refractivity contribution in [1.82, 2.24) is 15.0 Å². The summed E-state index contributed by atoms with van der Waals surface area (Å²) in [5.74, 6) is 0.125. The number of ether oxygens (including phenoxy) is 1. The Morgan fingerprint density at radius 2 is 1.69 bits per heavy atom. The molecule has 7 heteroatoms. The number of nitrogens with zero attached hydrogens (tertiary/aromatic N) is 3. The Morgan fingerprint density at radius 1 is 0.906 bits per heavy atom. The lowest BCUT2D eigenvalue weighted by Gasteiger charge is -2.15. The number of aromatic nitrogens is 3. The molecule has 0 aliphatic heterocycles. The molecule has 1 atom stereocenters. The average molecular weight is 426 g/mol. The minimum Gasteiger partial charge on any atom is -0.481 e. The summed E-state index contributed by atoms with van der Waals surface area (Å²) >= 11 is 0. The van der Waals surface area contributed by atoms with E-state index in [1.54, 1.807) is 18.5 Å². The molecule has 0 amide bonds. The Hall–Kier alpha value is -4.26. The van der Waals surface area contributed by atoms with Gasteiger partial charge in [-0.15, -0.1) is 0 Å². The first-order chi connectivity index (χ1) is 15.7. The quantitative estimate of drug-likeness (QED) is 0.393. The van der Waals surface area contributed by atoms with Crippen LogP contribution in [0.3, 0.4) is 0 Å². The van der Waals surface area contributed by atoms with Gasteiger partial charge in [0.2, 0.25) is 0 Å². The third kappa shape index (κ3) is 5.66. The fourth-order valence-electron chi connectivity index (χ4n) is 3.29. The number of benzene rings is 2. The summed E-state index contributed by atoms with van der Waals surface area (Å²) < 4.78 is 5.83. The zero-order valence-electron chi connectivity index (χ0n) is 17.3. The van der Waals surface area contributed by atoms with Gasteiger partial charge in [0.25, 0.3) is 0 Å². The Balaban J connectivity index is 1.45. The van der Waals surface area contributed by atoms with Gasteiger partial charge in [0.05, 0.1) is 12.1 Å².